The number of ether oxygens (including phenoxy) is 2. The molecule has 0 bridgehead atoms. The Balaban J connectivity index is 1.61. The predicted molar refractivity (Wildman–Crippen MR) is 127 cm³/mol. The molecule has 0 fully saturated rings. The third-order valence-electron chi connectivity index (χ3n) is 5.43. The molecule has 0 amide bonds. The molecule has 0 unspecified atom stereocenters. The summed E-state index contributed by atoms with van der Waals surface area (Å²) in [6.07, 6.45) is 16.1. The zero-order valence-corrected chi connectivity index (χ0v) is 19.2. The van der Waals surface area contributed by atoms with Gasteiger partial charge in [0.05, 0.1) is 12.3 Å². The molecule has 30 heavy (non-hydrogen) atoms. The highest BCUT2D eigenvalue weighted by Gasteiger charge is 2.02. The lowest BCUT2D eigenvalue weighted by Gasteiger charge is -2.08. The number of rotatable bonds is 17. The second kappa shape index (κ2) is 15.9. The number of pyridine rings is 1. The lowest BCUT2D eigenvalue weighted by molar-refractivity contribution is 0.0971. The number of aryl methyl sites for hydroxylation is 1. The van der Waals surface area contributed by atoms with Crippen LogP contribution in [0.4, 0.5) is 0 Å². The highest BCUT2D eigenvalue weighted by atomic mass is 16.5. The van der Waals surface area contributed by atoms with E-state index in [4.69, 9.17) is 9.47 Å². The Kier molecular flexibility index (Phi) is 12.9. The fourth-order valence-corrected chi connectivity index (χ4v) is 3.53. The minimum Gasteiger partial charge on any atom is -0.491 e. The molecule has 2 rings (SSSR count). The standard InChI is InChI=1S/C27H41NO2/c1-3-5-7-9-10-12-20-29-21-22-30-26-17-15-25(16-18-26)27-19-14-24(23-28-27)13-11-8-6-4-2/h14-19,23H,3-13,20-22H2,1-2H3. The Bertz CT molecular complexity index is 652. The van der Waals surface area contributed by atoms with E-state index in [1.807, 2.05) is 18.3 Å². The van der Waals surface area contributed by atoms with Crippen LogP contribution in [0.3, 0.4) is 0 Å². The van der Waals surface area contributed by atoms with Crippen molar-refractivity contribution >= 4 is 0 Å². The monoisotopic (exact) mass is 411 g/mol. The van der Waals surface area contributed by atoms with Crippen LogP contribution in [0.25, 0.3) is 11.3 Å². The molecule has 0 N–H and O–H groups in total. The van der Waals surface area contributed by atoms with Crippen molar-refractivity contribution in [2.75, 3.05) is 19.8 Å². The largest absolute Gasteiger partial charge is 0.491 e. The highest BCUT2D eigenvalue weighted by molar-refractivity contribution is 5.60. The normalized spacial score (nSPS) is 11.0. The first-order valence-electron chi connectivity index (χ1n) is 12.1. The molecule has 166 valence electrons. The quantitative estimate of drug-likeness (QED) is 0.251. The highest BCUT2D eigenvalue weighted by Crippen LogP contribution is 2.21. The number of benzene rings is 1. The van der Waals surface area contributed by atoms with Crippen LogP contribution in [0.15, 0.2) is 42.6 Å². The van der Waals surface area contributed by atoms with Crippen molar-refractivity contribution in [2.45, 2.75) is 84.5 Å². The molecule has 0 aliphatic heterocycles. The Morgan fingerprint density at radius 1 is 0.667 bits per heavy atom. The molecule has 0 radical (unpaired) electrons. The van der Waals surface area contributed by atoms with E-state index in [1.165, 1.54) is 63.4 Å². The maximum absolute atomic E-state index is 5.79. The maximum atomic E-state index is 5.79. The smallest absolute Gasteiger partial charge is 0.119 e. The van der Waals surface area contributed by atoms with Crippen molar-refractivity contribution in [3.05, 3.63) is 48.2 Å². The van der Waals surface area contributed by atoms with E-state index in [0.29, 0.717) is 13.2 Å². The first-order chi connectivity index (χ1) is 14.8. The lowest BCUT2D eigenvalue weighted by atomic mass is 10.1. The Morgan fingerprint density at radius 3 is 2.07 bits per heavy atom. The molecule has 0 aliphatic carbocycles. The molecule has 0 aliphatic rings. The zero-order chi connectivity index (χ0) is 21.3. The van der Waals surface area contributed by atoms with Crippen LogP contribution >= 0.6 is 0 Å². The number of unbranched alkanes of at least 4 members (excludes halogenated alkanes) is 8. The summed E-state index contributed by atoms with van der Waals surface area (Å²) in [5.41, 5.74) is 3.47. The van der Waals surface area contributed by atoms with Crippen LogP contribution < -0.4 is 4.74 Å². The average Bonchev–Trinajstić information content (AvgIpc) is 2.79. The van der Waals surface area contributed by atoms with E-state index in [-0.39, 0.29) is 0 Å². The third kappa shape index (κ3) is 10.2. The van der Waals surface area contributed by atoms with E-state index in [9.17, 15) is 0 Å². The van der Waals surface area contributed by atoms with Gasteiger partial charge in [-0.25, -0.2) is 0 Å². The Labute approximate surface area is 184 Å². The topological polar surface area (TPSA) is 31.4 Å². The molecule has 2 aromatic rings. The lowest BCUT2D eigenvalue weighted by Crippen LogP contribution is -2.07. The molecule has 0 saturated carbocycles. The van der Waals surface area contributed by atoms with Gasteiger partial charge < -0.3 is 9.47 Å². The second-order valence-corrected chi connectivity index (χ2v) is 8.12. The van der Waals surface area contributed by atoms with Gasteiger partial charge in [-0.05, 0) is 55.2 Å². The molecule has 1 aromatic heterocycles. The summed E-state index contributed by atoms with van der Waals surface area (Å²) in [6, 6.07) is 12.5. The van der Waals surface area contributed by atoms with Gasteiger partial charge in [-0.1, -0.05) is 71.3 Å². The SMILES string of the molecule is CCCCCCCCOCCOc1ccc(-c2ccc(CCCCCC)cn2)cc1. The summed E-state index contributed by atoms with van der Waals surface area (Å²) >= 11 is 0. The van der Waals surface area contributed by atoms with Crippen LogP contribution in [-0.2, 0) is 11.2 Å². The van der Waals surface area contributed by atoms with Crippen molar-refractivity contribution in [2.24, 2.45) is 0 Å². The van der Waals surface area contributed by atoms with Gasteiger partial charge in [0, 0.05) is 18.4 Å². The van der Waals surface area contributed by atoms with Gasteiger partial charge in [0.1, 0.15) is 12.4 Å². The Hall–Kier alpha value is -1.87. The molecule has 0 atom stereocenters. The van der Waals surface area contributed by atoms with Gasteiger partial charge in [0.2, 0.25) is 0 Å². The zero-order valence-electron chi connectivity index (χ0n) is 19.2. The summed E-state index contributed by atoms with van der Waals surface area (Å²) in [5, 5.41) is 0. The first kappa shape index (κ1) is 24.4. The fourth-order valence-electron chi connectivity index (χ4n) is 3.53. The van der Waals surface area contributed by atoms with Gasteiger partial charge in [0.15, 0.2) is 0 Å². The molecular formula is C27H41NO2. The second-order valence-electron chi connectivity index (χ2n) is 8.12. The number of aromatic nitrogens is 1. The summed E-state index contributed by atoms with van der Waals surface area (Å²) in [6.45, 7) is 6.59. The van der Waals surface area contributed by atoms with Crippen LogP contribution in [0.1, 0.15) is 83.6 Å². The molecule has 3 heteroatoms. The van der Waals surface area contributed by atoms with E-state index in [1.54, 1.807) is 0 Å². The molecule has 0 saturated heterocycles. The van der Waals surface area contributed by atoms with Gasteiger partial charge in [-0.2, -0.15) is 0 Å². The van der Waals surface area contributed by atoms with Gasteiger partial charge in [0.25, 0.3) is 0 Å². The molecular weight excluding hydrogens is 370 g/mol. The minimum atomic E-state index is 0.597. The summed E-state index contributed by atoms with van der Waals surface area (Å²) in [7, 11) is 0. The van der Waals surface area contributed by atoms with E-state index in [2.05, 4.69) is 43.1 Å². The number of hydrogen-bond donors (Lipinski definition) is 0. The predicted octanol–water partition coefficient (Wildman–Crippen LogP) is 7.63. The van der Waals surface area contributed by atoms with Crippen molar-refractivity contribution in [3.8, 4) is 17.0 Å². The van der Waals surface area contributed by atoms with Crippen molar-refractivity contribution in [3.63, 3.8) is 0 Å². The van der Waals surface area contributed by atoms with Crippen molar-refractivity contribution in [1.29, 1.82) is 0 Å². The van der Waals surface area contributed by atoms with E-state index < -0.39 is 0 Å². The average molecular weight is 412 g/mol. The third-order valence-corrected chi connectivity index (χ3v) is 5.43. The van der Waals surface area contributed by atoms with Gasteiger partial charge in [-0.15, -0.1) is 0 Å². The minimum absolute atomic E-state index is 0.597. The number of nitrogens with zero attached hydrogens (tertiary/aromatic N) is 1. The van der Waals surface area contributed by atoms with Crippen LogP contribution in [0.2, 0.25) is 0 Å². The number of hydrogen-bond acceptors (Lipinski definition) is 3. The van der Waals surface area contributed by atoms with Crippen LogP contribution in [0.5, 0.6) is 5.75 Å². The van der Waals surface area contributed by atoms with Crippen LogP contribution in [0, 0.1) is 0 Å². The van der Waals surface area contributed by atoms with E-state index >= 15 is 0 Å². The molecule has 1 heterocycles. The fraction of sp³-hybridized carbons (Fsp3) is 0.593. The Morgan fingerprint density at radius 2 is 1.37 bits per heavy atom. The molecule has 3 nitrogen and oxygen atoms in total. The van der Waals surface area contributed by atoms with Crippen molar-refractivity contribution < 1.29 is 9.47 Å². The summed E-state index contributed by atoms with van der Waals surface area (Å²) < 4.78 is 11.5. The van der Waals surface area contributed by atoms with Crippen molar-refractivity contribution in [1.82, 2.24) is 4.98 Å². The first-order valence-corrected chi connectivity index (χ1v) is 12.1. The summed E-state index contributed by atoms with van der Waals surface area (Å²) in [5.74, 6) is 0.884. The molecule has 1 aromatic carbocycles. The van der Waals surface area contributed by atoms with Gasteiger partial charge in [-0.3, -0.25) is 4.98 Å². The van der Waals surface area contributed by atoms with Gasteiger partial charge >= 0.3 is 0 Å². The van der Waals surface area contributed by atoms with E-state index in [0.717, 1.165) is 36.5 Å². The maximum Gasteiger partial charge on any atom is 0.119 e. The van der Waals surface area contributed by atoms with Crippen LogP contribution in [-0.4, -0.2) is 24.8 Å². The summed E-state index contributed by atoms with van der Waals surface area (Å²) in [4.78, 5) is 4.64. The molecule has 0 spiro atoms.